The molecule has 9 heteroatoms. The van der Waals surface area contributed by atoms with E-state index in [9.17, 15) is 0 Å². The molecule has 9 aliphatic carbocycles. The summed E-state index contributed by atoms with van der Waals surface area (Å²) in [5.74, 6) is 2.02. The van der Waals surface area contributed by atoms with Gasteiger partial charge in [-0.2, -0.15) is 0 Å². The second kappa shape index (κ2) is 28.7. The lowest BCUT2D eigenvalue weighted by atomic mass is 9.62. The van der Waals surface area contributed by atoms with E-state index in [1.54, 1.807) is 24.3 Å². The first-order valence-corrected chi connectivity index (χ1v) is 39.0. The van der Waals surface area contributed by atoms with Crippen molar-refractivity contribution in [1.82, 2.24) is 4.90 Å². The van der Waals surface area contributed by atoms with Gasteiger partial charge in [-0.05, 0) is 262 Å². The Bertz CT molecular complexity index is 5680. The largest absolute Gasteiger partial charge is 0.486 e. The summed E-state index contributed by atoms with van der Waals surface area (Å²) in [5.41, 5.74) is 22.7. The molecular weight excluding hydrogens is 1380 g/mol. The van der Waals surface area contributed by atoms with E-state index in [0.29, 0.717) is 32.1 Å². The van der Waals surface area contributed by atoms with Gasteiger partial charge in [-0.25, -0.2) is 17.6 Å². The lowest BCUT2D eigenvalue weighted by molar-refractivity contribution is 0.251. The van der Waals surface area contributed by atoms with E-state index in [4.69, 9.17) is 14.2 Å². The van der Waals surface area contributed by atoms with Crippen LogP contribution in [0.1, 0.15) is 125 Å². The van der Waals surface area contributed by atoms with E-state index < -0.39 is 17.0 Å². The number of hydrogen-bond donors (Lipinski definition) is 0. The molecule has 111 heavy (non-hydrogen) atoms. The molecule has 0 spiro atoms. The maximum absolute atomic E-state index is 15.3. The molecule has 9 aromatic rings. The summed E-state index contributed by atoms with van der Waals surface area (Å²) in [6.07, 6.45) is 45.9. The van der Waals surface area contributed by atoms with Crippen LogP contribution in [0.15, 0.2) is 374 Å². The van der Waals surface area contributed by atoms with Crippen LogP contribution in [-0.2, 0) is 10.8 Å². The fourth-order valence-electron chi connectivity index (χ4n) is 19.2. The zero-order valence-corrected chi connectivity index (χ0v) is 61.6. The molecule has 1 aliphatic heterocycles. The summed E-state index contributed by atoms with van der Waals surface area (Å²) in [4.78, 5) is 4.64. The number of nitrogens with zero attached hydrogens (tertiary/aromatic N) is 2. The van der Waals surface area contributed by atoms with Crippen molar-refractivity contribution in [2.75, 3.05) is 4.90 Å². The highest BCUT2D eigenvalue weighted by Crippen LogP contribution is 2.61. The first-order valence-electron chi connectivity index (χ1n) is 39.0. The van der Waals surface area contributed by atoms with Crippen LogP contribution in [0.2, 0.25) is 0 Å². The van der Waals surface area contributed by atoms with Gasteiger partial charge in [-0.15, -0.1) is 0 Å². The molecule has 1 heterocycles. The predicted octanol–water partition coefficient (Wildman–Crippen LogP) is 25.2. The van der Waals surface area contributed by atoms with Crippen LogP contribution < -0.4 is 19.1 Å². The van der Waals surface area contributed by atoms with E-state index in [-0.39, 0.29) is 53.3 Å². The van der Waals surface area contributed by atoms with Crippen LogP contribution >= 0.6 is 0 Å². The fraction of sp³-hybridized carbons (Fsp3) is 0.176. The van der Waals surface area contributed by atoms with Gasteiger partial charge >= 0.3 is 0 Å². The fourth-order valence-corrected chi connectivity index (χ4v) is 19.2. The van der Waals surface area contributed by atoms with Gasteiger partial charge in [0.1, 0.15) is 58.8 Å². The summed E-state index contributed by atoms with van der Waals surface area (Å²) in [7, 11) is 0. The molecule has 0 fully saturated rings. The van der Waals surface area contributed by atoms with Crippen molar-refractivity contribution in [2.24, 2.45) is 11.8 Å². The molecule has 9 aromatic carbocycles. The maximum Gasteiger partial charge on any atom is 0.130 e. The van der Waals surface area contributed by atoms with Gasteiger partial charge in [0, 0.05) is 70.0 Å². The summed E-state index contributed by atoms with van der Waals surface area (Å²) in [5, 5.41) is 0. The minimum Gasteiger partial charge on any atom is -0.486 e. The second-order valence-electron chi connectivity index (χ2n) is 30.6. The van der Waals surface area contributed by atoms with Gasteiger partial charge in [0.05, 0.1) is 10.8 Å². The number of ether oxygens (including phenoxy) is 3. The highest BCUT2D eigenvalue weighted by molar-refractivity contribution is 5.91. The van der Waals surface area contributed by atoms with Gasteiger partial charge in [0.25, 0.3) is 0 Å². The summed E-state index contributed by atoms with van der Waals surface area (Å²) in [6.45, 7) is 7.84. The van der Waals surface area contributed by atoms with Crippen LogP contribution in [-0.4, -0.2) is 23.3 Å². The molecule has 0 radical (unpaired) electrons. The van der Waals surface area contributed by atoms with Crippen LogP contribution in [0.25, 0.3) is 22.8 Å². The van der Waals surface area contributed by atoms with Crippen molar-refractivity contribution in [1.29, 1.82) is 0 Å². The number of hydrogen-bond acceptors (Lipinski definition) is 5. The predicted molar refractivity (Wildman–Crippen MR) is 438 cm³/mol. The standard InChI is InChI=1S/C102H82F4N2O3/c1-3-65-19-47-85(48-20-65)109-87-51-29-73(30-52-87)101(71-25-33-75(103)34-26-71)95-17-7-5-15-89(95)91-55-23-69(61-97(91)101)67-11-9-13-81(59-67)107(79-41-37-77(105)38-42-79)83-45-57-93-94-58-46-84(64-100(94)111-99(93)63-83)108(80-43-39-78(106)40-44-80)82-14-10-12-68(60-82)70-24-56-92-90-16-6-8-18-96(90)102(98(92)62-70,72-27-35-76(104)36-28-72)74-31-53-88(54-32-74)110-86-49-21-66(4-2)22-50-86/h3-9,11-13,15-29,31-38,41-43,45-49,51-58,60-61,63-64,67,70,73,78,86,94,100H,1-2,10,14,30,39-40,44,50,59,62H2. The molecule has 0 saturated carbocycles. The molecule has 0 N–H and O–H groups in total. The molecule has 10 aliphatic rings. The Morgan fingerprint density at radius 1 is 0.532 bits per heavy atom. The minimum atomic E-state index is -0.903. The van der Waals surface area contributed by atoms with Gasteiger partial charge < -0.3 is 24.0 Å². The zero-order valence-electron chi connectivity index (χ0n) is 61.6. The molecule has 9 atom stereocenters. The molecule has 5 nitrogen and oxygen atoms in total. The normalized spacial score (nSPS) is 24.2. The van der Waals surface area contributed by atoms with Crippen molar-refractivity contribution in [3.63, 3.8) is 0 Å². The van der Waals surface area contributed by atoms with Gasteiger partial charge in [-0.3, -0.25) is 0 Å². The SMILES string of the molecule is C=CC1=CCC(Oc2ccc(C3(c4ccc(F)cc4)C4=C(C=CC(C5=CCCC(N(C6=CC7Oc8cc(N(C9=CC=CC(c%10ccc%11c(c%10)C(c%10ccc(F)cc%10)(C%10C=CC(Oc%12ccc(C=C)cc%12)=CC%10)c%10ccccc%10-%11)C9)c9ccc(F)cc9)ccc8C7C=C6)C6=CCC(F)CC6)=C5)C4)c4ccccc43)cc2)C=C1. The van der Waals surface area contributed by atoms with E-state index in [1.807, 2.05) is 72.8 Å². The first-order chi connectivity index (χ1) is 54.5. The third-order valence-corrected chi connectivity index (χ3v) is 24.5. The van der Waals surface area contributed by atoms with Crippen LogP contribution in [0.5, 0.6) is 17.2 Å². The average Bonchev–Trinajstić information content (AvgIpc) is 1.55. The maximum atomic E-state index is 15.3. The Morgan fingerprint density at radius 3 is 1.98 bits per heavy atom. The Hall–Kier alpha value is -12.2. The Kier molecular flexibility index (Phi) is 17.9. The summed E-state index contributed by atoms with van der Waals surface area (Å²) in [6, 6.07) is 68.2. The summed E-state index contributed by atoms with van der Waals surface area (Å²) >= 11 is 0. The van der Waals surface area contributed by atoms with Crippen molar-refractivity contribution in [2.45, 2.75) is 98.8 Å². The van der Waals surface area contributed by atoms with E-state index in [2.05, 4.69) is 235 Å². The third kappa shape index (κ3) is 12.3. The molecule has 9 unspecified atom stereocenters. The smallest absolute Gasteiger partial charge is 0.130 e. The van der Waals surface area contributed by atoms with Crippen molar-refractivity contribution in [3.05, 3.63) is 447 Å². The lowest BCUT2D eigenvalue weighted by Gasteiger charge is -2.40. The topological polar surface area (TPSA) is 34.2 Å². The monoisotopic (exact) mass is 1460 g/mol. The van der Waals surface area contributed by atoms with Crippen molar-refractivity contribution >= 4 is 23.0 Å². The number of benzene rings is 9. The summed E-state index contributed by atoms with van der Waals surface area (Å²) < 4.78 is 80.8. The lowest BCUT2D eigenvalue weighted by Crippen LogP contribution is -2.36. The zero-order chi connectivity index (χ0) is 74.9. The number of allylic oxidation sites excluding steroid dienone is 21. The Labute approximate surface area is 647 Å². The number of fused-ring (bicyclic) bond motifs is 8. The average molecular weight is 1460 g/mol. The number of alkyl halides is 1. The quantitative estimate of drug-likeness (QED) is 0.0800. The molecule has 546 valence electrons. The van der Waals surface area contributed by atoms with Crippen molar-refractivity contribution < 1.29 is 31.8 Å². The van der Waals surface area contributed by atoms with Gasteiger partial charge in [0.2, 0.25) is 0 Å². The van der Waals surface area contributed by atoms with Gasteiger partial charge in [-0.1, -0.05) is 207 Å². The molecule has 0 amide bonds. The van der Waals surface area contributed by atoms with Crippen LogP contribution in [0.4, 0.5) is 28.9 Å². The highest BCUT2D eigenvalue weighted by atomic mass is 19.1. The number of halogens is 4. The van der Waals surface area contributed by atoms with Crippen molar-refractivity contribution in [3.8, 4) is 28.4 Å². The molecule has 0 bridgehead atoms. The van der Waals surface area contributed by atoms with Crippen LogP contribution in [0, 0.1) is 29.3 Å². The van der Waals surface area contributed by atoms with Gasteiger partial charge in [0.15, 0.2) is 0 Å². The number of anilines is 2. The Balaban J connectivity index is 0.611. The van der Waals surface area contributed by atoms with E-state index in [0.717, 1.165) is 133 Å². The first kappa shape index (κ1) is 69.3. The Morgan fingerprint density at radius 2 is 1.25 bits per heavy atom. The number of rotatable bonds is 18. The molecule has 19 rings (SSSR count). The second-order valence-corrected chi connectivity index (χ2v) is 30.6. The molecular formula is C102H82F4N2O3. The van der Waals surface area contributed by atoms with E-state index in [1.165, 1.54) is 51.1 Å². The molecule has 0 aromatic heterocycles. The highest BCUT2D eigenvalue weighted by Gasteiger charge is 2.51. The van der Waals surface area contributed by atoms with Crippen LogP contribution in [0.3, 0.4) is 0 Å². The minimum absolute atomic E-state index is 0.0146. The molecule has 0 saturated heterocycles. The third-order valence-electron chi connectivity index (χ3n) is 24.5. The van der Waals surface area contributed by atoms with E-state index >= 15 is 17.6 Å².